The molecule has 0 aliphatic heterocycles. The summed E-state index contributed by atoms with van der Waals surface area (Å²) in [6.45, 7) is 0. The number of hydrogen-bond acceptors (Lipinski definition) is 4. The summed E-state index contributed by atoms with van der Waals surface area (Å²) in [6.07, 6.45) is 0.143. The van der Waals surface area contributed by atoms with E-state index in [0.717, 1.165) is 0 Å². The van der Waals surface area contributed by atoms with Crippen molar-refractivity contribution in [3.8, 4) is 6.07 Å². The maximum absolute atomic E-state index is 8.19. The lowest BCUT2D eigenvalue weighted by Gasteiger charge is -1.75. The van der Waals surface area contributed by atoms with E-state index < -0.39 is 0 Å². The summed E-state index contributed by atoms with van der Waals surface area (Å²) in [6, 6.07) is 1.88. The molecule has 0 aliphatic carbocycles. The molecule has 0 amide bonds. The zero-order valence-corrected chi connectivity index (χ0v) is 5.80. The Bertz CT molecular complexity index is 252. The van der Waals surface area contributed by atoms with Crippen molar-refractivity contribution >= 4 is 11.6 Å². The van der Waals surface area contributed by atoms with Crippen LogP contribution in [0.2, 0.25) is 0 Å². The van der Waals surface area contributed by atoms with Gasteiger partial charge in [0.05, 0.1) is 11.9 Å². The van der Waals surface area contributed by atoms with Crippen molar-refractivity contribution in [2.45, 2.75) is 12.3 Å². The predicted molar refractivity (Wildman–Crippen MR) is 33.2 cm³/mol. The first-order chi connectivity index (χ1) is 4.86. The van der Waals surface area contributed by atoms with E-state index in [0.29, 0.717) is 11.7 Å². The molecule has 0 bridgehead atoms. The Labute approximate surface area is 62.4 Å². The molecule has 1 aromatic rings. The van der Waals surface area contributed by atoms with Crippen LogP contribution in [0.1, 0.15) is 11.7 Å². The van der Waals surface area contributed by atoms with Gasteiger partial charge in [-0.2, -0.15) is 10.2 Å². The average molecular weight is 158 g/mol. The highest BCUT2D eigenvalue weighted by molar-refractivity contribution is 6.16. The molecule has 1 heterocycles. The molecule has 0 atom stereocenters. The molecule has 1 rings (SSSR count). The molecular formula is C5H4ClN3O. The molecule has 1 aromatic heterocycles. The maximum Gasteiger partial charge on any atom is 0.240 e. The fourth-order valence-corrected chi connectivity index (χ4v) is 0.592. The highest BCUT2D eigenvalue weighted by atomic mass is 35.5. The second-order valence-electron chi connectivity index (χ2n) is 1.57. The first-order valence-corrected chi connectivity index (χ1v) is 3.14. The summed E-state index contributed by atoms with van der Waals surface area (Å²) >= 11 is 5.37. The zero-order chi connectivity index (χ0) is 7.40. The summed E-state index contributed by atoms with van der Waals surface area (Å²) in [5, 5.41) is 11.7. The van der Waals surface area contributed by atoms with Crippen LogP contribution in [-0.2, 0) is 12.3 Å². The summed E-state index contributed by atoms with van der Waals surface area (Å²) in [7, 11) is 0. The van der Waals surface area contributed by atoms with Crippen molar-refractivity contribution in [1.29, 1.82) is 5.26 Å². The lowest BCUT2D eigenvalue weighted by molar-refractivity contribution is 0.383. The van der Waals surface area contributed by atoms with E-state index in [1.54, 1.807) is 0 Å². The first-order valence-electron chi connectivity index (χ1n) is 2.61. The van der Waals surface area contributed by atoms with Gasteiger partial charge >= 0.3 is 0 Å². The van der Waals surface area contributed by atoms with Gasteiger partial charge in [-0.15, -0.1) is 11.6 Å². The Balaban J connectivity index is 2.70. The molecule has 5 heteroatoms. The molecule has 0 saturated heterocycles. The minimum atomic E-state index is 0.143. The van der Waals surface area contributed by atoms with Crippen LogP contribution in [0.4, 0.5) is 0 Å². The van der Waals surface area contributed by atoms with Gasteiger partial charge in [-0.1, -0.05) is 5.16 Å². The number of hydrogen-bond donors (Lipinski definition) is 0. The second-order valence-corrected chi connectivity index (χ2v) is 1.84. The van der Waals surface area contributed by atoms with Gasteiger partial charge < -0.3 is 4.52 Å². The number of rotatable bonds is 2. The Morgan fingerprint density at radius 1 is 1.70 bits per heavy atom. The molecule has 10 heavy (non-hydrogen) atoms. The van der Waals surface area contributed by atoms with Gasteiger partial charge in [0.1, 0.15) is 6.42 Å². The smallest absolute Gasteiger partial charge is 0.240 e. The Morgan fingerprint density at radius 2 is 2.50 bits per heavy atom. The largest absolute Gasteiger partial charge is 0.338 e. The van der Waals surface area contributed by atoms with E-state index in [1.807, 2.05) is 6.07 Å². The highest BCUT2D eigenvalue weighted by Crippen LogP contribution is 1.99. The quantitative estimate of drug-likeness (QED) is 0.598. The van der Waals surface area contributed by atoms with Crippen molar-refractivity contribution in [3.05, 3.63) is 11.7 Å². The molecule has 0 spiro atoms. The van der Waals surface area contributed by atoms with Gasteiger partial charge in [-0.3, -0.25) is 0 Å². The van der Waals surface area contributed by atoms with Crippen LogP contribution in [0.3, 0.4) is 0 Å². The van der Waals surface area contributed by atoms with E-state index in [9.17, 15) is 0 Å². The van der Waals surface area contributed by atoms with E-state index in [-0.39, 0.29) is 12.3 Å². The SMILES string of the molecule is N#CCc1nc(CCl)no1. The first kappa shape index (κ1) is 7.03. The minimum absolute atomic E-state index is 0.143. The molecule has 0 saturated carbocycles. The summed E-state index contributed by atoms with van der Waals surface area (Å²) in [4.78, 5) is 3.79. The molecule has 0 aliphatic rings. The maximum atomic E-state index is 8.19. The number of nitriles is 1. The van der Waals surface area contributed by atoms with Gasteiger partial charge in [-0.25, -0.2) is 0 Å². The molecular weight excluding hydrogens is 154 g/mol. The van der Waals surface area contributed by atoms with Gasteiger partial charge in [0.15, 0.2) is 5.82 Å². The van der Waals surface area contributed by atoms with E-state index in [1.165, 1.54) is 0 Å². The number of aromatic nitrogens is 2. The standard InChI is InChI=1S/C5H4ClN3O/c6-3-4-8-5(1-2-7)10-9-4/h1,3H2. The minimum Gasteiger partial charge on any atom is -0.338 e. The van der Waals surface area contributed by atoms with Gasteiger partial charge in [0, 0.05) is 0 Å². The second kappa shape index (κ2) is 3.18. The van der Waals surface area contributed by atoms with Gasteiger partial charge in [0.2, 0.25) is 5.89 Å². The summed E-state index contributed by atoms with van der Waals surface area (Å²) in [5.41, 5.74) is 0. The molecule has 4 nitrogen and oxygen atoms in total. The molecule has 52 valence electrons. The van der Waals surface area contributed by atoms with Crippen LogP contribution in [0.5, 0.6) is 0 Å². The molecule has 0 N–H and O–H groups in total. The Morgan fingerprint density at radius 3 is 3.00 bits per heavy atom. The number of halogens is 1. The van der Waals surface area contributed by atoms with Crippen LogP contribution < -0.4 is 0 Å². The lowest BCUT2D eigenvalue weighted by Crippen LogP contribution is -1.82. The molecule has 0 fully saturated rings. The van der Waals surface area contributed by atoms with Gasteiger partial charge in [0.25, 0.3) is 0 Å². The highest BCUT2D eigenvalue weighted by Gasteiger charge is 2.02. The van der Waals surface area contributed by atoms with Crippen molar-refractivity contribution in [3.63, 3.8) is 0 Å². The zero-order valence-electron chi connectivity index (χ0n) is 5.04. The Kier molecular flexibility index (Phi) is 2.24. The van der Waals surface area contributed by atoms with E-state index in [4.69, 9.17) is 16.9 Å². The summed E-state index contributed by atoms with van der Waals surface area (Å²) < 4.78 is 4.63. The monoisotopic (exact) mass is 157 g/mol. The Hall–Kier alpha value is -1.08. The lowest BCUT2D eigenvalue weighted by atomic mass is 10.5. The third-order valence-corrected chi connectivity index (χ3v) is 1.10. The third kappa shape index (κ3) is 1.45. The van der Waals surface area contributed by atoms with Crippen molar-refractivity contribution in [2.24, 2.45) is 0 Å². The average Bonchev–Trinajstić information content (AvgIpc) is 2.37. The normalized spacial score (nSPS) is 9.20. The van der Waals surface area contributed by atoms with Crippen LogP contribution in [0, 0.1) is 11.3 Å². The van der Waals surface area contributed by atoms with Gasteiger partial charge in [-0.05, 0) is 0 Å². The van der Waals surface area contributed by atoms with Crippen LogP contribution in [0.25, 0.3) is 0 Å². The number of alkyl halides is 1. The fourth-order valence-electron chi connectivity index (χ4n) is 0.484. The van der Waals surface area contributed by atoms with E-state index >= 15 is 0 Å². The topological polar surface area (TPSA) is 62.7 Å². The summed E-state index contributed by atoms with van der Waals surface area (Å²) in [5.74, 6) is 0.958. The van der Waals surface area contributed by atoms with Crippen molar-refractivity contribution < 1.29 is 4.52 Å². The fraction of sp³-hybridized carbons (Fsp3) is 0.400. The van der Waals surface area contributed by atoms with Crippen LogP contribution in [0.15, 0.2) is 4.52 Å². The molecule has 0 aromatic carbocycles. The van der Waals surface area contributed by atoms with E-state index in [2.05, 4.69) is 14.7 Å². The van der Waals surface area contributed by atoms with Crippen LogP contribution in [-0.4, -0.2) is 10.1 Å². The third-order valence-electron chi connectivity index (χ3n) is 0.860. The van der Waals surface area contributed by atoms with Crippen molar-refractivity contribution in [2.75, 3.05) is 0 Å². The molecule has 0 unspecified atom stereocenters. The van der Waals surface area contributed by atoms with Crippen molar-refractivity contribution in [1.82, 2.24) is 10.1 Å². The van der Waals surface area contributed by atoms with Crippen LogP contribution >= 0.6 is 11.6 Å². The number of nitrogens with zero attached hydrogens (tertiary/aromatic N) is 3. The molecule has 0 radical (unpaired) electrons. The predicted octanol–water partition coefficient (Wildman–Crippen LogP) is 0.874.